The highest BCUT2D eigenvalue weighted by Gasteiger charge is 2.35. The maximum Gasteiger partial charge on any atom is 0.258 e. The number of benzene rings is 3. The number of nitrogens with zero attached hydrogens (tertiary/aromatic N) is 5. The third-order valence-corrected chi connectivity index (χ3v) is 8.83. The average Bonchev–Trinajstić information content (AvgIpc) is 3.47. The minimum atomic E-state index is 0.00314. The van der Waals surface area contributed by atoms with E-state index in [1.165, 1.54) is 0 Å². The Kier molecular flexibility index (Phi) is 7.82. The molecule has 8 heteroatoms. The topological polar surface area (TPSA) is 65.7 Å². The predicted molar refractivity (Wildman–Crippen MR) is 164 cm³/mol. The van der Waals surface area contributed by atoms with Gasteiger partial charge in [-0.15, -0.1) is 0 Å². The molecule has 2 aliphatic heterocycles. The molecule has 1 saturated heterocycles. The molecular weight excluding hydrogens is 534 g/mol. The summed E-state index contributed by atoms with van der Waals surface area (Å²) in [5, 5.41) is 4.93. The van der Waals surface area contributed by atoms with Crippen molar-refractivity contribution in [2.75, 3.05) is 43.0 Å². The second-order valence-corrected chi connectivity index (χ2v) is 11.4. The highest BCUT2D eigenvalue weighted by molar-refractivity contribution is 6.33. The van der Waals surface area contributed by atoms with E-state index >= 15 is 0 Å². The molecule has 1 aromatic heterocycles. The summed E-state index contributed by atoms with van der Waals surface area (Å²) in [5.41, 5.74) is 5.82. The van der Waals surface area contributed by atoms with E-state index in [4.69, 9.17) is 16.1 Å². The molecule has 7 nitrogen and oxygen atoms in total. The van der Waals surface area contributed by atoms with Gasteiger partial charge in [-0.1, -0.05) is 73.4 Å². The molecule has 0 bridgehead atoms. The van der Waals surface area contributed by atoms with Crippen molar-refractivity contribution in [3.8, 4) is 11.4 Å². The summed E-state index contributed by atoms with van der Waals surface area (Å²) >= 11 is 6.85. The van der Waals surface area contributed by atoms with E-state index in [1.54, 1.807) is 4.90 Å². The third kappa shape index (κ3) is 5.13. The summed E-state index contributed by atoms with van der Waals surface area (Å²) in [6.07, 6.45) is 3.10. The maximum atomic E-state index is 13.4. The van der Waals surface area contributed by atoms with Crippen molar-refractivity contribution < 1.29 is 9.32 Å². The van der Waals surface area contributed by atoms with E-state index in [2.05, 4.69) is 58.1 Å². The van der Waals surface area contributed by atoms with E-state index in [0.29, 0.717) is 22.7 Å². The van der Waals surface area contributed by atoms with Gasteiger partial charge in [0, 0.05) is 56.0 Å². The summed E-state index contributed by atoms with van der Waals surface area (Å²) in [6, 6.07) is 22.3. The zero-order valence-corrected chi connectivity index (χ0v) is 24.6. The number of hydrogen-bond donors (Lipinski definition) is 0. The van der Waals surface area contributed by atoms with Gasteiger partial charge in [-0.2, -0.15) is 4.98 Å². The lowest BCUT2D eigenvalue weighted by Crippen LogP contribution is -2.48. The van der Waals surface area contributed by atoms with Crippen LogP contribution in [0.5, 0.6) is 0 Å². The monoisotopic (exact) mass is 569 g/mol. The Morgan fingerprint density at radius 3 is 2.41 bits per heavy atom. The van der Waals surface area contributed by atoms with E-state index in [0.717, 1.165) is 79.1 Å². The van der Waals surface area contributed by atoms with Crippen molar-refractivity contribution in [3.63, 3.8) is 0 Å². The smallest absolute Gasteiger partial charge is 0.258 e. The van der Waals surface area contributed by atoms with Crippen LogP contribution in [0.4, 0.5) is 11.4 Å². The minimum Gasteiger partial charge on any atom is -0.368 e. The lowest BCUT2D eigenvalue weighted by molar-refractivity contribution is 0.0992. The van der Waals surface area contributed by atoms with E-state index in [1.807, 2.05) is 49.5 Å². The number of para-hydroxylation sites is 1. The minimum absolute atomic E-state index is 0.00314. The first-order valence-electron chi connectivity index (χ1n) is 14.6. The Bertz CT molecular complexity index is 1540. The zero-order chi connectivity index (χ0) is 28.5. The molecule has 2 aliphatic rings. The number of anilines is 2. The molecule has 2 atom stereocenters. The highest BCUT2D eigenvalue weighted by Crippen LogP contribution is 2.41. The molecule has 0 radical (unpaired) electrons. The fourth-order valence-corrected chi connectivity index (χ4v) is 6.60. The number of aromatic nitrogens is 2. The number of amides is 1. The van der Waals surface area contributed by atoms with Crippen LogP contribution in [0, 0.1) is 0 Å². The first kappa shape index (κ1) is 27.5. The zero-order valence-electron chi connectivity index (χ0n) is 23.9. The summed E-state index contributed by atoms with van der Waals surface area (Å²) in [5.74, 6) is 1.61. The molecule has 3 aromatic carbocycles. The Balaban J connectivity index is 1.22. The standard InChI is InChI=1S/C33H36ClN5O2/c1-4-10-22(5-2)32-35-31(36-41-32)23-15-16-29(27(34)21-23)38-17-19-39(20-18-38)30-24-11-6-7-12-25(24)33(40)37(3)28-14-9-8-13-26(28)30/h6-9,11-16,21-22,30H,4-5,10,17-20H2,1-3H3. The van der Waals surface area contributed by atoms with Crippen molar-refractivity contribution in [2.45, 2.75) is 45.1 Å². The van der Waals surface area contributed by atoms with Crippen molar-refractivity contribution in [2.24, 2.45) is 0 Å². The van der Waals surface area contributed by atoms with E-state index in [9.17, 15) is 4.79 Å². The summed E-state index contributed by atoms with van der Waals surface area (Å²) < 4.78 is 5.61. The molecule has 3 heterocycles. The maximum absolute atomic E-state index is 13.4. The van der Waals surface area contributed by atoms with Crippen LogP contribution in [0.3, 0.4) is 0 Å². The number of rotatable bonds is 7. The molecule has 1 amide bonds. The molecule has 0 aliphatic carbocycles. The van der Waals surface area contributed by atoms with Crippen LogP contribution in [-0.4, -0.2) is 54.2 Å². The Morgan fingerprint density at radius 2 is 1.68 bits per heavy atom. The fraction of sp³-hybridized carbons (Fsp3) is 0.364. The van der Waals surface area contributed by atoms with Gasteiger partial charge in [0.25, 0.3) is 5.91 Å². The van der Waals surface area contributed by atoms with Crippen molar-refractivity contribution in [3.05, 3.63) is 94.3 Å². The highest BCUT2D eigenvalue weighted by atomic mass is 35.5. The molecule has 6 rings (SSSR count). The summed E-state index contributed by atoms with van der Waals surface area (Å²) in [6.45, 7) is 7.66. The van der Waals surface area contributed by atoms with Gasteiger partial charge in [-0.25, -0.2) is 0 Å². The first-order valence-corrected chi connectivity index (χ1v) is 15.0. The van der Waals surface area contributed by atoms with Gasteiger partial charge in [0.1, 0.15) is 0 Å². The van der Waals surface area contributed by atoms with Crippen LogP contribution in [-0.2, 0) is 0 Å². The van der Waals surface area contributed by atoms with Crippen LogP contribution in [0.2, 0.25) is 5.02 Å². The lowest BCUT2D eigenvalue weighted by Gasteiger charge is -2.41. The lowest BCUT2D eigenvalue weighted by atomic mass is 9.93. The molecule has 0 saturated carbocycles. The first-order chi connectivity index (χ1) is 20.0. The summed E-state index contributed by atoms with van der Waals surface area (Å²) in [7, 11) is 1.87. The number of fused-ring (bicyclic) bond motifs is 2. The van der Waals surface area contributed by atoms with Crippen LogP contribution in [0.25, 0.3) is 11.4 Å². The second-order valence-electron chi connectivity index (χ2n) is 11.0. The van der Waals surface area contributed by atoms with Crippen LogP contribution in [0.1, 0.15) is 72.4 Å². The van der Waals surface area contributed by atoms with Gasteiger partial charge in [0.2, 0.25) is 11.7 Å². The van der Waals surface area contributed by atoms with E-state index in [-0.39, 0.29) is 11.9 Å². The second kappa shape index (κ2) is 11.7. The number of piperazine rings is 1. The van der Waals surface area contributed by atoms with Gasteiger partial charge >= 0.3 is 0 Å². The van der Waals surface area contributed by atoms with Crippen molar-refractivity contribution in [1.29, 1.82) is 0 Å². The molecule has 1 fully saturated rings. The van der Waals surface area contributed by atoms with Gasteiger partial charge in [-0.3, -0.25) is 9.69 Å². The van der Waals surface area contributed by atoms with Gasteiger partial charge in [0.15, 0.2) is 0 Å². The van der Waals surface area contributed by atoms with Gasteiger partial charge in [-0.05, 0) is 54.3 Å². The molecule has 41 heavy (non-hydrogen) atoms. The quantitative estimate of drug-likeness (QED) is 0.235. The number of halogens is 1. The van der Waals surface area contributed by atoms with Crippen LogP contribution < -0.4 is 9.80 Å². The van der Waals surface area contributed by atoms with Crippen molar-refractivity contribution in [1.82, 2.24) is 15.0 Å². The molecule has 4 aromatic rings. The summed E-state index contributed by atoms with van der Waals surface area (Å²) in [4.78, 5) is 24.7. The fourth-order valence-electron chi connectivity index (χ4n) is 6.30. The third-order valence-electron chi connectivity index (χ3n) is 8.53. The van der Waals surface area contributed by atoms with Crippen molar-refractivity contribution >= 4 is 28.9 Å². The Morgan fingerprint density at radius 1 is 0.951 bits per heavy atom. The van der Waals surface area contributed by atoms with Gasteiger partial charge in [0.05, 0.1) is 16.8 Å². The Labute approximate surface area is 246 Å². The predicted octanol–water partition coefficient (Wildman–Crippen LogP) is 7.19. The van der Waals surface area contributed by atoms with Crippen LogP contribution >= 0.6 is 11.6 Å². The average molecular weight is 570 g/mol. The molecule has 0 spiro atoms. The Hall–Kier alpha value is -3.68. The van der Waals surface area contributed by atoms with E-state index < -0.39 is 0 Å². The molecule has 2 unspecified atom stereocenters. The SMILES string of the molecule is CCCC(CC)c1nc(-c2ccc(N3CCN(C4c5ccccc5C(=O)N(C)c5ccccc54)CC3)c(Cl)c2)no1. The largest absolute Gasteiger partial charge is 0.368 e. The normalized spacial score (nSPS) is 18.1. The van der Waals surface area contributed by atoms with Crippen LogP contribution in [0.15, 0.2) is 71.3 Å². The number of hydrogen-bond acceptors (Lipinski definition) is 6. The number of carbonyl (C=O) groups excluding carboxylic acids is 1. The molecule has 0 N–H and O–H groups in total. The molecule has 212 valence electrons. The molecular formula is C33H36ClN5O2. The van der Waals surface area contributed by atoms with Gasteiger partial charge < -0.3 is 14.3 Å². The number of carbonyl (C=O) groups is 1.